The summed E-state index contributed by atoms with van der Waals surface area (Å²) in [6.45, 7) is 5.47. The van der Waals surface area contributed by atoms with Crippen LogP contribution in [-0.2, 0) is 4.79 Å². The molecule has 144 valence electrons. The van der Waals surface area contributed by atoms with Gasteiger partial charge in [0.05, 0.1) is 27.6 Å². The van der Waals surface area contributed by atoms with Crippen LogP contribution >= 0.6 is 11.8 Å². The molecule has 0 aliphatic carbocycles. The Hall–Kier alpha value is -3.20. The highest BCUT2D eigenvalue weighted by atomic mass is 32.2. The summed E-state index contributed by atoms with van der Waals surface area (Å²) in [7, 11) is 0. The number of rotatable bonds is 6. The van der Waals surface area contributed by atoms with Crippen molar-refractivity contribution in [3.8, 4) is 5.69 Å². The van der Waals surface area contributed by atoms with Crippen LogP contribution in [0, 0.1) is 30.9 Å². The molecule has 1 heterocycles. The highest BCUT2D eigenvalue weighted by molar-refractivity contribution is 7.99. The number of para-hydroxylation sites is 1. The van der Waals surface area contributed by atoms with Crippen LogP contribution in [0.3, 0.4) is 0 Å². The standard InChI is InChI=1S/C19H19N5O3S/c1-12-7-4-5-9-16(12)23-14(3)21-22-19(23)28-11-18(25)20-15-8-6-10-17(13(15)2)24(26)27/h4-10H,11H2,1-3H3,(H,20,25). The second-order valence-electron chi connectivity index (χ2n) is 6.20. The summed E-state index contributed by atoms with van der Waals surface area (Å²) >= 11 is 1.26. The number of nitro benzene ring substituents is 1. The highest BCUT2D eigenvalue weighted by Crippen LogP contribution is 2.26. The average molecular weight is 397 g/mol. The summed E-state index contributed by atoms with van der Waals surface area (Å²) in [5, 5.41) is 22.7. The molecule has 3 rings (SSSR count). The molecule has 0 fully saturated rings. The van der Waals surface area contributed by atoms with Gasteiger partial charge in [0.25, 0.3) is 5.69 Å². The molecule has 1 N–H and O–H groups in total. The van der Waals surface area contributed by atoms with E-state index >= 15 is 0 Å². The zero-order valence-electron chi connectivity index (χ0n) is 15.7. The van der Waals surface area contributed by atoms with Gasteiger partial charge in [-0.05, 0) is 38.5 Å². The molecule has 1 amide bonds. The lowest BCUT2D eigenvalue weighted by molar-refractivity contribution is -0.385. The maximum atomic E-state index is 12.4. The van der Waals surface area contributed by atoms with Crippen LogP contribution in [0.5, 0.6) is 0 Å². The molecule has 9 heteroatoms. The number of benzene rings is 2. The smallest absolute Gasteiger partial charge is 0.274 e. The van der Waals surface area contributed by atoms with Gasteiger partial charge in [0, 0.05) is 6.07 Å². The molecule has 0 unspecified atom stereocenters. The lowest BCUT2D eigenvalue weighted by Crippen LogP contribution is -2.15. The van der Waals surface area contributed by atoms with Crippen LogP contribution in [0.1, 0.15) is 17.0 Å². The Kier molecular flexibility index (Phi) is 5.74. The van der Waals surface area contributed by atoms with E-state index in [0.29, 0.717) is 16.4 Å². The molecule has 0 saturated carbocycles. The minimum Gasteiger partial charge on any atom is -0.325 e. The predicted molar refractivity (Wildman–Crippen MR) is 108 cm³/mol. The van der Waals surface area contributed by atoms with E-state index < -0.39 is 4.92 Å². The molecule has 0 saturated heterocycles. The molecule has 0 spiro atoms. The van der Waals surface area contributed by atoms with Gasteiger partial charge in [-0.2, -0.15) is 0 Å². The zero-order chi connectivity index (χ0) is 20.3. The number of carbonyl (C=O) groups excluding carboxylic acids is 1. The van der Waals surface area contributed by atoms with Crippen molar-refractivity contribution in [2.75, 3.05) is 11.1 Å². The zero-order valence-corrected chi connectivity index (χ0v) is 16.5. The van der Waals surface area contributed by atoms with E-state index in [2.05, 4.69) is 15.5 Å². The van der Waals surface area contributed by atoms with E-state index in [1.54, 1.807) is 19.1 Å². The van der Waals surface area contributed by atoms with Gasteiger partial charge >= 0.3 is 0 Å². The fourth-order valence-electron chi connectivity index (χ4n) is 2.80. The Bertz CT molecular complexity index is 1050. The summed E-state index contributed by atoms with van der Waals surface area (Å²) in [6, 6.07) is 12.5. The first kappa shape index (κ1) is 19.6. The molecule has 8 nitrogen and oxygen atoms in total. The van der Waals surface area contributed by atoms with Gasteiger partial charge in [-0.25, -0.2) is 0 Å². The molecule has 28 heavy (non-hydrogen) atoms. The van der Waals surface area contributed by atoms with Gasteiger partial charge in [0.1, 0.15) is 5.82 Å². The second kappa shape index (κ2) is 8.22. The molecule has 0 atom stereocenters. The van der Waals surface area contributed by atoms with Crippen molar-refractivity contribution < 1.29 is 9.72 Å². The summed E-state index contributed by atoms with van der Waals surface area (Å²) in [5.41, 5.74) is 2.85. The summed E-state index contributed by atoms with van der Waals surface area (Å²) < 4.78 is 1.91. The quantitative estimate of drug-likeness (QED) is 0.385. The van der Waals surface area contributed by atoms with Crippen molar-refractivity contribution in [1.82, 2.24) is 14.8 Å². The normalized spacial score (nSPS) is 10.7. The summed E-state index contributed by atoms with van der Waals surface area (Å²) in [6.07, 6.45) is 0. The summed E-state index contributed by atoms with van der Waals surface area (Å²) in [4.78, 5) is 23.0. The van der Waals surface area contributed by atoms with Crippen LogP contribution in [0.2, 0.25) is 0 Å². The molecule has 0 aliphatic rings. The fraction of sp³-hybridized carbons (Fsp3) is 0.211. The van der Waals surface area contributed by atoms with Crippen LogP contribution in [0.15, 0.2) is 47.6 Å². The third-order valence-electron chi connectivity index (χ3n) is 4.26. The van der Waals surface area contributed by atoms with Crippen LogP contribution in [0.25, 0.3) is 5.69 Å². The van der Waals surface area contributed by atoms with E-state index in [1.807, 2.05) is 42.7 Å². The summed E-state index contributed by atoms with van der Waals surface area (Å²) in [5.74, 6) is 0.559. The van der Waals surface area contributed by atoms with Gasteiger partial charge in [-0.15, -0.1) is 10.2 Å². The largest absolute Gasteiger partial charge is 0.325 e. The van der Waals surface area contributed by atoms with Crippen molar-refractivity contribution in [2.45, 2.75) is 25.9 Å². The van der Waals surface area contributed by atoms with Crippen LogP contribution in [0.4, 0.5) is 11.4 Å². The molecule has 1 aromatic heterocycles. The number of thioether (sulfide) groups is 1. The maximum absolute atomic E-state index is 12.4. The fourth-order valence-corrected chi connectivity index (χ4v) is 3.59. The van der Waals surface area contributed by atoms with Gasteiger partial charge in [0.2, 0.25) is 5.91 Å². The van der Waals surface area contributed by atoms with Crippen molar-refractivity contribution in [1.29, 1.82) is 0 Å². The number of nitrogens with zero attached hydrogens (tertiary/aromatic N) is 4. The van der Waals surface area contributed by atoms with Crippen molar-refractivity contribution in [3.05, 3.63) is 69.5 Å². The van der Waals surface area contributed by atoms with E-state index in [1.165, 1.54) is 17.8 Å². The Balaban J connectivity index is 1.74. The maximum Gasteiger partial charge on any atom is 0.274 e. The monoisotopic (exact) mass is 397 g/mol. The van der Waals surface area contributed by atoms with E-state index in [-0.39, 0.29) is 17.3 Å². The van der Waals surface area contributed by atoms with Crippen molar-refractivity contribution in [3.63, 3.8) is 0 Å². The number of hydrogen-bond acceptors (Lipinski definition) is 6. The van der Waals surface area contributed by atoms with E-state index in [0.717, 1.165) is 17.1 Å². The van der Waals surface area contributed by atoms with Gasteiger partial charge in [-0.3, -0.25) is 19.5 Å². The molecule has 0 bridgehead atoms. The molecular weight excluding hydrogens is 378 g/mol. The Morgan fingerprint density at radius 3 is 2.61 bits per heavy atom. The first-order chi connectivity index (χ1) is 13.4. The third kappa shape index (κ3) is 4.04. The van der Waals surface area contributed by atoms with Gasteiger partial charge in [0.15, 0.2) is 5.16 Å². The number of carbonyl (C=O) groups is 1. The van der Waals surface area contributed by atoms with Crippen molar-refractivity contribution >= 4 is 29.0 Å². The first-order valence-corrected chi connectivity index (χ1v) is 9.51. The van der Waals surface area contributed by atoms with E-state index in [9.17, 15) is 14.9 Å². The Morgan fingerprint density at radius 2 is 1.89 bits per heavy atom. The SMILES string of the molecule is Cc1ccccc1-n1c(C)nnc1SCC(=O)Nc1cccc([N+](=O)[O-])c1C. The van der Waals surface area contributed by atoms with Crippen molar-refractivity contribution in [2.24, 2.45) is 0 Å². The minimum absolute atomic E-state index is 0.0274. The lowest BCUT2D eigenvalue weighted by atomic mass is 10.1. The number of nitrogens with one attached hydrogen (secondary N) is 1. The van der Waals surface area contributed by atoms with Crippen LogP contribution < -0.4 is 5.32 Å². The molecule has 2 aromatic carbocycles. The average Bonchev–Trinajstić information content (AvgIpc) is 3.02. The number of aromatic nitrogens is 3. The van der Waals surface area contributed by atoms with Gasteiger partial charge in [-0.1, -0.05) is 36.0 Å². The topological polar surface area (TPSA) is 103 Å². The minimum atomic E-state index is -0.465. The van der Waals surface area contributed by atoms with Gasteiger partial charge < -0.3 is 5.32 Å². The molecular formula is C19H19N5O3S. The second-order valence-corrected chi connectivity index (χ2v) is 7.14. The lowest BCUT2D eigenvalue weighted by Gasteiger charge is -2.11. The predicted octanol–water partition coefficient (Wildman–Crippen LogP) is 3.83. The van der Waals surface area contributed by atoms with E-state index in [4.69, 9.17) is 0 Å². The first-order valence-electron chi connectivity index (χ1n) is 8.53. The number of anilines is 1. The molecule has 3 aromatic rings. The number of hydrogen-bond donors (Lipinski definition) is 1. The van der Waals surface area contributed by atoms with Crippen LogP contribution in [-0.4, -0.2) is 31.3 Å². The Labute approximate surface area is 166 Å². The molecule has 0 radical (unpaired) electrons. The Morgan fingerprint density at radius 1 is 1.14 bits per heavy atom. The highest BCUT2D eigenvalue weighted by Gasteiger charge is 2.17. The number of amides is 1. The molecule has 0 aliphatic heterocycles. The number of nitro groups is 1. The number of aryl methyl sites for hydroxylation is 2. The third-order valence-corrected chi connectivity index (χ3v) is 5.19.